The highest BCUT2D eigenvalue weighted by Crippen LogP contribution is 2.35. The predicted molar refractivity (Wildman–Crippen MR) is 101 cm³/mol. The molecule has 0 saturated heterocycles. The van der Waals surface area contributed by atoms with Gasteiger partial charge in [-0.1, -0.05) is 11.8 Å². The molecule has 0 atom stereocenters. The summed E-state index contributed by atoms with van der Waals surface area (Å²) in [5.41, 5.74) is 0.0533. The monoisotopic (exact) mass is 432 g/mol. The van der Waals surface area contributed by atoms with Crippen molar-refractivity contribution < 1.29 is 27.8 Å². The zero-order valence-corrected chi connectivity index (χ0v) is 16.2. The summed E-state index contributed by atoms with van der Waals surface area (Å²) in [6, 6.07) is 8.27. The molecular formula is C19H14F2N4O4S. The van der Waals surface area contributed by atoms with Crippen molar-refractivity contribution in [3.05, 3.63) is 59.4 Å². The van der Waals surface area contributed by atoms with E-state index in [2.05, 4.69) is 10.2 Å². The van der Waals surface area contributed by atoms with Gasteiger partial charge in [-0.2, -0.15) is 0 Å². The van der Waals surface area contributed by atoms with Crippen molar-refractivity contribution in [3.8, 4) is 17.2 Å². The maximum absolute atomic E-state index is 14.1. The molecule has 3 heterocycles. The fourth-order valence-corrected chi connectivity index (χ4v) is 3.96. The maximum atomic E-state index is 14.1. The Balaban J connectivity index is 1.40. The van der Waals surface area contributed by atoms with Gasteiger partial charge in [-0.3, -0.25) is 4.79 Å². The molecule has 1 aromatic heterocycles. The summed E-state index contributed by atoms with van der Waals surface area (Å²) in [6.07, 6.45) is 0. The van der Waals surface area contributed by atoms with Gasteiger partial charge >= 0.3 is 0 Å². The number of hydrogen-bond donors (Lipinski definition) is 0. The average Bonchev–Trinajstić information content (AvgIpc) is 3.37. The van der Waals surface area contributed by atoms with Gasteiger partial charge in [-0.05, 0) is 30.3 Å². The molecule has 2 aliphatic heterocycles. The molecule has 11 heteroatoms. The summed E-state index contributed by atoms with van der Waals surface area (Å²) in [7, 11) is 0. The number of fused-ring (bicyclic) bond motifs is 2. The number of nitrogens with zero attached hydrogens (tertiary/aromatic N) is 4. The first kappa shape index (κ1) is 18.7. The number of aromatic nitrogens is 3. The van der Waals surface area contributed by atoms with E-state index in [4.69, 9.17) is 14.2 Å². The molecule has 0 fully saturated rings. The Labute approximate surface area is 173 Å². The largest absolute Gasteiger partial charge is 0.485 e. The topological polar surface area (TPSA) is 78.7 Å². The summed E-state index contributed by atoms with van der Waals surface area (Å²) < 4.78 is 45.6. The highest BCUT2D eigenvalue weighted by atomic mass is 32.2. The van der Waals surface area contributed by atoms with Crippen LogP contribution in [0.25, 0.3) is 0 Å². The molecule has 0 saturated carbocycles. The van der Waals surface area contributed by atoms with Crippen LogP contribution in [0.15, 0.2) is 41.6 Å². The second kappa shape index (κ2) is 7.48. The molecule has 2 aliphatic rings. The lowest BCUT2D eigenvalue weighted by molar-refractivity contribution is -0.118. The number of benzene rings is 2. The number of carbonyl (C=O) groups excluding carboxylic acids is 1. The highest BCUT2D eigenvalue weighted by Gasteiger charge is 2.30. The number of carbonyl (C=O) groups is 1. The number of hydrogen-bond acceptors (Lipinski definition) is 7. The SMILES string of the molecule is O=C1CSc2nnc(COc3ccc4c(c3)OCO4)n2N1Cc1cc(F)ccc1F. The summed E-state index contributed by atoms with van der Waals surface area (Å²) in [5, 5.41) is 9.95. The van der Waals surface area contributed by atoms with Crippen molar-refractivity contribution in [2.24, 2.45) is 0 Å². The molecule has 0 bridgehead atoms. The van der Waals surface area contributed by atoms with Gasteiger partial charge in [0.25, 0.3) is 5.91 Å². The van der Waals surface area contributed by atoms with E-state index in [1.165, 1.54) is 21.4 Å². The standard InChI is InChI=1S/C19H14F2N4O4S/c20-12-1-3-14(21)11(5-12)7-24-18(26)9-30-19-23-22-17(25(19)24)8-27-13-2-4-15-16(6-13)29-10-28-15/h1-6H,7-10H2. The molecule has 3 aromatic rings. The van der Waals surface area contributed by atoms with Gasteiger partial charge in [0, 0.05) is 11.6 Å². The van der Waals surface area contributed by atoms with Gasteiger partial charge in [0.15, 0.2) is 17.3 Å². The van der Waals surface area contributed by atoms with Crippen molar-refractivity contribution in [2.75, 3.05) is 17.6 Å². The molecule has 154 valence electrons. The van der Waals surface area contributed by atoms with Gasteiger partial charge in [-0.25, -0.2) is 18.5 Å². The first-order valence-electron chi connectivity index (χ1n) is 8.92. The lowest BCUT2D eigenvalue weighted by atomic mass is 10.2. The molecule has 30 heavy (non-hydrogen) atoms. The number of thioether (sulfide) groups is 1. The number of amides is 1. The molecule has 0 radical (unpaired) electrons. The molecule has 5 rings (SSSR count). The Morgan fingerprint density at radius 3 is 2.87 bits per heavy atom. The average molecular weight is 432 g/mol. The molecule has 8 nitrogen and oxygen atoms in total. The highest BCUT2D eigenvalue weighted by molar-refractivity contribution is 7.99. The van der Waals surface area contributed by atoms with Gasteiger partial charge in [0.2, 0.25) is 11.9 Å². The molecule has 0 N–H and O–H groups in total. The molecule has 1 amide bonds. The summed E-state index contributed by atoms with van der Waals surface area (Å²) in [6.45, 7) is -0.00489. The minimum Gasteiger partial charge on any atom is -0.485 e. The molecular weight excluding hydrogens is 418 g/mol. The van der Waals surface area contributed by atoms with Crippen LogP contribution in [0.1, 0.15) is 11.4 Å². The smallest absolute Gasteiger partial charge is 0.252 e. The Morgan fingerprint density at radius 2 is 1.97 bits per heavy atom. The van der Waals surface area contributed by atoms with Gasteiger partial charge in [0.1, 0.15) is 24.0 Å². The second-order valence-electron chi connectivity index (χ2n) is 6.49. The third-order valence-electron chi connectivity index (χ3n) is 4.57. The van der Waals surface area contributed by atoms with Crippen LogP contribution in [-0.2, 0) is 17.9 Å². The molecule has 2 aromatic carbocycles. The van der Waals surface area contributed by atoms with E-state index >= 15 is 0 Å². The van der Waals surface area contributed by atoms with Crippen LogP contribution in [-0.4, -0.2) is 33.3 Å². The van der Waals surface area contributed by atoms with Gasteiger partial charge < -0.3 is 14.2 Å². The van der Waals surface area contributed by atoms with E-state index in [1.54, 1.807) is 18.2 Å². The third kappa shape index (κ3) is 3.41. The van der Waals surface area contributed by atoms with E-state index in [1.807, 2.05) is 0 Å². The van der Waals surface area contributed by atoms with Crippen molar-refractivity contribution >= 4 is 17.7 Å². The zero-order valence-electron chi connectivity index (χ0n) is 15.4. The Bertz CT molecular complexity index is 1140. The zero-order chi connectivity index (χ0) is 20.7. The summed E-state index contributed by atoms with van der Waals surface area (Å²) in [4.78, 5) is 12.6. The lowest BCUT2D eigenvalue weighted by Gasteiger charge is -2.29. The van der Waals surface area contributed by atoms with E-state index < -0.39 is 11.6 Å². The third-order valence-corrected chi connectivity index (χ3v) is 5.47. The van der Waals surface area contributed by atoms with Crippen molar-refractivity contribution in [3.63, 3.8) is 0 Å². The Kier molecular flexibility index (Phi) is 4.66. The van der Waals surface area contributed by atoms with Crippen LogP contribution >= 0.6 is 11.8 Å². The minimum absolute atomic E-state index is 0.00260. The Morgan fingerprint density at radius 1 is 1.10 bits per heavy atom. The first-order chi connectivity index (χ1) is 14.6. The van der Waals surface area contributed by atoms with Crippen LogP contribution < -0.4 is 19.2 Å². The number of rotatable bonds is 5. The van der Waals surface area contributed by atoms with E-state index in [0.717, 1.165) is 18.2 Å². The summed E-state index contributed by atoms with van der Waals surface area (Å²) >= 11 is 1.22. The van der Waals surface area contributed by atoms with Crippen LogP contribution in [0.5, 0.6) is 17.2 Å². The van der Waals surface area contributed by atoms with Crippen LogP contribution in [0, 0.1) is 11.6 Å². The van der Waals surface area contributed by atoms with E-state index in [9.17, 15) is 13.6 Å². The van der Waals surface area contributed by atoms with Crippen molar-refractivity contribution in [1.29, 1.82) is 0 Å². The number of halogens is 2. The Hall–Kier alpha value is -3.34. The minimum atomic E-state index is -0.602. The number of ether oxygens (including phenoxy) is 3. The second-order valence-corrected chi connectivity index (χ2v) is 7.43. The fourth-order valence-electron chi connectivity index (χ4n) is 3.13. The van der Waals surface area contributed by atoms with Gasteiger partial charge in [-0.15, -0.1) is 10.2 Å². The van der Waals surface area contributed by atoms with E-state index in [0.29, 0.717) is 28.2 Å². The molecule has 0 aliphatic carbocycles. The fraction of sp³-hybridized carbons (Fsp3) is 0.211. The van der Waals surface area contributed by atoms with E-state index in [-0.39, 0.29) is 37.2 Å². The van der Waals surface area contributed by atoms with Crippen LogP contribution in [0.4, 0.5) is 8.78 Å². The summed E-state index contributed by atoms with van der Waals surface area (Å²) in [5.74, 6) is 0.736. The van der Waals surface area contributed by atoms with Crippen LogP contribution in [0.3, 0.4) is 0 Å². The quantitative estimate of drug-likeness (QED) is 0.613. The van der Waals surface area contributed by atoms with Crippen LogP contribution in [0.2, 0.25) is 0 Å². The predicted octanol–water partition coefficient (Wildman–Crippen LogP) is 2.63. The normalized spacial score (nSPS) is 14.7. The van der Waals surface area contributed by atoms with Crippen molar-refractivity contribution in [2.45, 2.75) is 18.3 Å². The lowest BCUT2D eigenvalue weighted by Crippen LogP contribution is -2.45. The van der Waals surface area contributed by atoms with Gasteiger partial charge in [0.05, 0.1) is 12.3 Å². The van der Waals surface area contributed by atoms with Crippen molar-refractivity contribution in [1.82, 2.24) is 14.9 Å². The molecule has 0 spiro atoms. The maximum Gasteiger partial charge on any atom is 0.252 e. The molecule has 0 unspecified atom stereocenters. The first-order valence-corrected chi connectivity index (χ1v) is 9.91.